The van der Waals surface area contributed by atoms with E-state index < -0.39 is 11.9 Å². The molecule has 5 nitrogen and oxygen atoms in total. The van der Waals surface area contributed by atoms with Gasteiger partial charge in [-0.2, -0.15) is 13.2 Å². The molecule has 0 aliphatic rings. The van der Waals surface area contributed by atoms with Gasteiger partial charge < -0.3 is 15.0 Å². The van der Waals surface area contributed by atoms with Gasteiger partial charge in [-0.15, -0.1) is 0 Å². The van der Waals surface area contributed by atoms with Crippen molar-refractivity contribution in [2.45, 2.75) is 12.7 Å². The molecular weight excluding hydrogens is 309 g/mol. The van der Waals surface area contributed by atoms with E-state index in [4.69, 9.17) is 4.74 Å². The van der Waals surface area contributed by atoms with Gasteiger partial charge in [-0.3, -0.25) is 0 Å². The summed E-state index contributed by atoms with van der Waals surface area (Å²) in [5.74, 6) is 1.02. The number of alkyl halides is 3. The summed E-state index contributed by atoms with van der Waals surface area (Å²) in [6.45, 7) is 0.364. The standard InChI is InChI=1S/C15H13F3N4O/c1-23-11-5-3-2-4-9(11)7-19-13-10-6-12(15(16,17)18)22-14(10)21-8-20-13/h2-6,8H,7H2,1H3,(H2,19,20,21,22). The highest BCUT2D eigenvalue weighted by Gasteiger charge is 2.33. The van der Waals surface area contributed by atoms with Gasteiger partial charge in [0.15, 0.2) is 0 Å². The monoisotopic (exact) mass is 322 g/mol. The fourth-order valence-electron chi connectivity index (χ4n) is 2.26. The maximum absolute atomic E-state index is 12.8. The molecule has 0 aliphatic carbocycles. The fraction of sp³-hybridized carbons (Fsp3) is 0.200. The molecule has 120 valence electrons. The van der Waals surface area contributed by atoms with Gasteiger partial charge in [0.25, 0.3) is 0 Å². The number of halogens is 3. The number of hydrogen-bond donors (Lipinski definition) is 2. The number of fused-ring (bicyclic) bond motifs is 1. The number of hydrogen-bond acceptors (Lipinski definition) is 4. The number of nitrogens with zero attached hydrogens (tertiary/aromatic N) is 2. The van der Waals surface area contributed by atoms with E-state index >= 15 is 0 Å². The Balaban J connectivity index is 1.90. The average Bonchev–Trinajstić information content (AvgIpc) is 2.98. The third-order valence-corrected chi connectivity index (χ3v) is 3.37. The molecule has 2 heterocycles. The Morgan fingerprint density at radius 3 is 2.74 bits per heavy atom. The van der Waals surface area contributed by atoms with Crippen LogP contribution in [-0.2, 0) is 12.7 Å². The van der Waals surface area contributed by atoms with Crippen molar-refractivity contribution in [3.8, 4) is 5.75 Å². The second-order valence-electron chi connectivity index (χ2n) is 4.83. The van der Waals surface area contributed by atoms with Crippen LogP contribution in [0, 0.1) is 0 Å². The van der Waals surface area contributed by atoms with E-state index in [2.05, 4.69) is 20.3 Å². The second kappa shape index (κ2) is 5.79. The van der Waals surface area contributed by atoms with Crippen molar-refractivity contribution < 1.29 is 17.9 Å². The van der Waals surface area contributed by atoms with E-state index in [1.807, 2.05) is 24.3 Å². The Labute approximate surface area is 129 Å². The lowest BCUT2D eigenvalue weighted by Crippen LogP contribution is -2.04. The van der Waals surface area contributed by atoms with Gasteiger partial charge >= 0.3 is 6.18 Å². The molecule has 2 aromatic heterocycles. The molecular formula is C15H13F3N4O. The van der Waals surface area contributed by atoms with E-state index in [-0.39, 0.29) is 11.0 Å². The minimum atomic E-state index is -4.46. The molecule has 3 aromatic rings. The van der Waals surface area contributed by atoms with Gasteiger partial charge in [-0.25, -0.2) is 9.97 Å². The SMILES string of the molecule is COc1ccccc1CNc1ncnc2[nH]c(C(F)(F)F)cc12. The van der Waals surface area contributed by atoms with Crippen LogP contribution in [0.1, 0.15) is 11.3 Å². The maximum atomic E-state index is 12.8. The molecule has 0 bridgehead atoms. The first-order valence-corrected chi connectivity index (χ1v) is 6.75. The van der Waals surface area contributed by atoms with Crippen molar-refractivity contribution in [2.24, 2.45) is 0 Å². The highest BCUT2D eigenvalue weighted by Crippen LogP contribution is 2.32. The number of anilines is 1. The van der Waals surface area contributed by atoms with Gasteiger partial charge in [0.05, 0.1) is 12.5 Å². The molecule has 0 unspecified atom stereocenters. The zero-order valence-electron chi connectivity index (χ0n) is 12.1. The number of ether oxygens (including phenoxy) is 1. The Morgan fingerprint density at radius 2 is 2.00 bits per heavy atom. The molecule has 0 fully saturated rings. The van der Waals surface area contributed by atoms with Crippen LogP contribution < -0.4 is 10.1 Å². The van der Waals surface area contributed by atoms with Gasteiger partial charge in [-0.05, 0) is 12.1 Å². The molecule has 0 saturated heterocycles. The molecule has 0 radical (unpaired) electrons. The number of aromatic nitrogens is 3. The van der Waals surface area contributed by atoms with Crippen molar-refractivity contribution in [3.63, 3.8) is 0 Å². The van der Waals surface area contributed by atoms with Crippen LogP contribution >= 0.6 is 0 Å². The lowest BCUT2D eigenvalue weighted by Gasteiger charge is -2.10. The van der Waals surface area contributed by atoms with Gasteiger partial charge in [0.2, 0.25) is 0 Å². The molecule has 3 rings (SSSR count). The molecule has 23 heavy (non-hydrogen) atoms. The zero-order valence-corrected chi connectivity index (χ0v) is 12.1. The van der Waals surface area contributed by atoms with E-state index in [0.29, 0.717) is 18.1 Å². The number of rotatable bonds is 4. The summed E-state index contributed by atoms with van der Waals surface area (Å²) < 4.78 is 43.6. The third-order valence-electron chi connectivity index (χ3n) is 3.37. The fourth-order valence-corrected chi connectivity index (χ4v) is 2.26. The van der Waals surface area contributed by atoms with E-state index in [1.165, 1.54) is 6.33 Å². The van der Waals surface area contributed by atoms with E-state index in [1.54, 1.807) is 7.11 Å². The Bertz CT molecular complexity index is 829. The van der Waals surface area contributed by atoms with E-state index in [0.717, 1.165) is 11.6 Å². The molecule has 2 N–H and O–H groups in total. The van der Waals surface area contributed by atoms with Crippen molar-refractivity contribution in [1.29, 1.82) is 0 Å². The number of aromatic amines is 1. The second-order valence-corrected chi connectivity index (χ2v) is 4.83. The summed E-state index contributed by atoms with van der Waals surface area (Å²) in [5.41, 5.74) is 0.150. The summed E-state index contributed by atoms with van der Waals surface area (Å²) in [6.07, 6.45) is -3.25. The Kier molecular flexibility index (Phi) is 3.81. The summed E-state index contributed by atoms with van der Waals surface area (Å²) in [7, 11) is 1.56. The molecule has 0 spiro atoms. The van der Waals surface area contributed by atoms with Crippen molar-refractivity contribution in [3.05, 3.63) is 47.9 Å². The Morgan fingerprint density at radius 1 is 1.22 bits per heavy atom. The van der Waals surface area contributed by atoms with Crippen molar-refractivity contribution >= 4 is 16.9 Å². The number of para-hydroxylation sites is 1. The van der Waals surface area contributed by atoms with E-state index in [9.17, 15) is 13.2 Å². The predicted molar refractivity (Wildman–Crippen MR) is 79.2 cm³/mol. The molecule has 0 saturated carbocycles. The molecule has 0 amide bonds. The lowest BCUT2D eigenvalue weighted by molar-refractivity contribution is -0.140. The summed E-state index contributed by atoms with van der Waals surface area (Å²) in [5, 5.41) is 3.31. The smallest absolute Gasteiger partial charge is 0.431 e. The number of H-pyrrole nitrogens is 1. The van der Waals surface area contributed by atoms with Crippen LogP contribution in [0.25, 0.3) is 11.0 Å². The summed E-state index contributed by atoms with van der Waals surface area (Å²) in [4.78, 5) is 10.1. The number of nitrogens with one attached hydrogen (secondary N) is 2. The van der Waals surface area contributed by atoms with Gasteiger partial charge in [0, 0.05) is 12.1 Å². The number of methoxy groups -OCH3 is 1. The summed E-state index contributed by atoms with van der Waals surface area (Å²) in [6, 6.07) is 8.37. The quantitative estimate of drug-likeness (QED) is 0.770. The van der Waals surface area contributed by atoms with Gasteiger partial charge in [0.1, 0.15) is 29.2 Å². The molecule has 0 aliphatic heterocycles. The normalized spacial score (nSPS) is 11.7. The topological polar surface area (TPSA) is 62.8 Å². The van der Waals surface area contributed by atoms with Crippen LogP contribution in [0.4, 0.5) is 19.0 Å². The zero-order chi connectivity index (χ0) is 16.4. The minimum absolute atomic E-state index is 0.134. The molecule has 0 atom stereocenters. The van der Waals surface area contributed by atoms with Gasteiger partial charge in [-0.1, -0.05) is 18.2 Å². The molecule has 1 aromatic carbocycles. The first-order chi connectivity index (χ1) is 11.0. The Hall–Kier alpha value is -2.77. The first-order valence-electron chi connectivity index (χ1n) is 6.75. The predicted octanol–water partition coefficient (Wildman–Crippen LogP) is 3.60. The highest BCUT2D eigenvalue weighted by atomic mass is 19.4. The van der Waals surface area contributed by atoms with Crippen LogP contribution in [0.5, 0.6) is 5.75 Å². The lowest BCUT2D eigenvalue weighted by atomic mass is 10.2. The molecule has 8 heteroatoms. The average molecular weight is 322 g/mol. The van der Waals surface area contributed by atoms with Crippen LogP contribution in [0.3, 0.4) is 0 Å². The van der Waals surface area contributed by atoms with Crippen LogP contribution in [-0.4, -0.2) is 22.1 Å². The van der Waals surface area contributed by atoms with Crippen LogP contribution in [0.2, 0.25) is 0 Å². The highest BCUT2D eigenvalue weighted by molar-refractivity contribution is 5.87. The number of benzene rings is 1. The van der Waals surface area contributed by atoms with Crippen LogP contribution in [0.15, 0.2) is 36.7 Å². The van der Waals surface area contributed by atoms with Crippen molar-refractivity contribution in [2.75, 3.05) is 12.4 Å². The van der Waals surface area contributed by atoms with Crippen molar-refractivity contribution in [1.82, 2.24) is 15.0 Å². The third kappa shape index (κ3) is 3.05. The minimum Gasteiger partial charge on any atom is -0.496 e. The maximum Gasteiger partial charge on any atom is 0.431 e. The largest absolute Gasteiger partial charge is 0.496 e. The first kappa shape index (κ1) is 15.1. The summed E-state index contributed by atoms with van der Waals surface area (Å²) >= 11 is 0.